The van der Waals surface area contributed by atoms with Crippen molar-refractivity contribution in [3.63, 3.8) is 0 Å². The SMILES string of the molecule is c1ccc(-c2ccc(-c3nc(-c4ccc(-c5ccccc5)cc4)nc(-c4cc(-c5ccc6c7ccccc7c7ccccc7c6c5)cc(-c5cc6ccccc6c6ccccc56)c4)n3)cc2)cc1. The number of benzene rings is 12. The summed E-state index contributed by atoms with van der Waals surface area (Å²) in [4.78, 5) is 15.9. The van der Waals surface area contributed by atoms with Crippen molar-refractivity contribution in [2.45, 2.75) is 0 Å². The van der Waals surface area contributed by atoms with E-state index in [9.17, 15) is 0 Å². The summed E-state index contributed by atoms with van der Waals surface area (Å²) in [6, 6.07) is 89.2. The normalized spacial score (nSPS) is 11.5. The summed E-state index contributed by atoms with van der Waals surface area (Å²) < 4.78 is 0. The van der Waals surface area contributed by atoms with Gasteiger partial charge < -0.3 is 0 Å². The fraction of sp³-hybridized carbons (Fsp3) is 0. The van der Waals surface area contributed by atoms with E-state index in [-0.39, 0.29) is 0 Å². The molecule has 0 radical (unpaired) electrons. The topological polar surface area (TPSA) is 38.7 Å². The largest absolute Gasteiger partial charge is 0.208 e. The molecule has 0 spiro atoms. The van der Waals surface area contributed by atoms with Crippen molar-refractivity contribution in [1.29, 1.82) is 0 Å². The molecule has 0 amide bonds. The highest BCUT2D eigenvalue weighted by Crippen LogP contribution is 2.42. The van der Waals surface area contributed by atoms with Crippen molar-refractivity contribution in [2.24, 2.45) is 0 Å². The molecule has 0 bridgehead atoms. The van der Waals surface area contributed by atoms with Gasteiger partial charge in [0.2, 0.25) is 0 Å². The zero-order valence-corrected chi connectivity index (χ0v) is 37.0. The van der Waals surface area contributed by atoms with E-state index < -0.39 is 0 Å². The molecule has 0 N–H and O–H groups in total. The van der Waals surface area contributed by atoms with Crippen LogP contribution in [0.2, 0.25) is 0 Å². The lowest BCUT2D eigenvalue weighted by molar-refractivity contribution is 1.07. The lowest BCUT2D eigenvalue weighted by Crippen LogP contribution is -2.01. The predicted molar refractivity (Wildman–Crippen MR) is 285 cm³/mol. The van der Waals surface area contributed by atoms with E-state index in [0.29, 0.717) is 17.5 Å². The van der Waals surface area contributed by atoms with Gasteiger partial charge in [-0.3, -0.25) is 0 Å². The standard InChI is InChI=1S/C65H41N3/c1-3-15-42(16-4-1)44-27-31-46(32-28-44)63-66-64(47-33-29-45(30-34-47)43-17-5-2-6-18-43)68-65(67-63)52-38-50(37-51(39-52)61-41-49-19-7-8-20-53(49)54-21-9-13-25-58(54)61)48-35-36-60-57-24-11-10-22-55(57)56-23-12-14-26-59(56)62(60)40-48/h1-41H. The molecule has 1 aromatic heterocycles. The van der Waals surface area contributed by atoms with Gasteiger partial charge in [-0.15, -0.1) is 0 Å². The lowest BCUT2D eigenvalue weighted by atomic mass is 9.89. The van der Waals surface area contributed by atoms with E-state index in [0.717, 1.165) is 61.2 Å². The van der Waals surface area contributed by atoms with E-state index in [2.05, 4.69) is 237 Å². The second-order valence-corrected chi connectivity index (χ2v) is 17.5. The zero-order chi connectivity index (χ0) is 45.0. The van der Waals surface area contributed by atoms with Crippen molar-refractivity contribution in [2.75, 3.05) is 0 Å². The Hall–Kier alpha value is -9.05. The van der Waals surface area contributed by atoms with Crippen LogP contribution in [0.15, 0.2) is 249 Å². The quantitative estimate of drug-likeness (QED) is 0.150. The molecular weight excluding hydrogens is 823 g/mol. The molecule has 0 aliphatic rings. The Morgan fingerprint density at radius 1 is 0.176 bits per heavy atom. The van der Waals surface area contributed by atoms with E-state index in [1.54, 1.807) is 0 Å². The Morgan fingerprint density at radius 3 is 1.07 bits per heavy atom. The fourth-order valence-corrected chi connectivity index (χ4v) is 10.1. The summed E-state index contributed by atoms with van der Waals surface area (Å²) in [5, 5.41) is 12.3. The fourth-order valence-electron chi connectivity index (χ4n) is 10.1. The predicted octanol–water partition coefficient (Wildman–Crippen LogP) is 17.3. The van der Waals surface area contributed by atoms with Crippen molar-refractivity contribution in [1.82, 2.24) is 15.0 Å². The monoisotopic (exact) mass is 863 g/mol. The molecule has 0 aliphatic heterocycles. The number of fused-ring (bicyclic) bond motifs is 9. The van der Waals surface area contributed by atoms with Gasteiger partial charge in [-0.1, -0.05) is 218 Å². The van der Waals surface area contributed by atoms with Crippen LogP contribution in [0.1, 0.15) is 0 Å². The molecule has 12 aromatic carbocycles. The van der Waals surface area contributed by atoms with Crippen LogP contribution in [0.25, 0.3) is 133 Å². The number of rotatable bonds is 7. The van der Waals surface area contributed by atoms with Crippen molar-refractivity contribution in [3.05, 3.63) is 249 Å². The highest BCUT2D eigenvalue weighted by Gasteiger charge is 2.18. The third kappa shape index (κ3) is 6.97. The minimum absolute atomic E-state index is 0.606. The molecule has 1 heterocycles. The van der Waals surface area contributed by atoms with Crippen LogP contribution < -0.4 is 0 Å². The first-order chi connectivity index (χ1) is 33.7. The van der Waals surface area contributed by atoms with Crippen molar-refractivity contribution >= 4 is 53.9 Å². The molecule has 0 unspecified atom stereocenters. The van der Waals surface area contributed by atoms with Gasteiger partial charge >= 0.3 is 0 Å². The summed E-state index contributed by atoms with van der Waals surface area (Å²) in [6.07, 6.45) is 0. The molecule has 13 rings (SSSR count). The molecule has 3 nitrogen and oxygen atoms in total. The Balaban J connectivity index is 1.05. The van der Waals surface area contributed by atoms with Gasteiger partial charge in [0.25, 0.3) is 0 Å². The van der Waals surface area contributed by atoms with Gasteiger partial charge in [0, 0.05) is 16.7 Å². The van der Waals surface area contributed by atoms with Crippen LogP contribution >= 0.6 is 0 Å². The van der Waals surface area contributed by atoms with Crippen LogP contribution in [-0.2, 0) is 0 Å². The first-order valence-electron chi connectivity index (χ1n) is 23.2. The van der Waals surface area contributed by atoms with Crippen LogP contribution in [0, 0.1) is 0 Å². The first kappa shape index (κ1) is 39.3. The Bertz CT molecular complexity index is 3910. The smallest absolute Gasteiger partial charge is 0.164 e. The number of hydrogen-bond acceptors (Lipinski definition) is 3. The molecule has 0 atom stereocenters. The second kappa shape index (κ2) is 16.4. The maximum Gasteiger partial charge on any atom is 0.164 e. The lowest BCUT2D eigenvalue weighted by Gasteiger charge is -2.16. The summed E-state index contributed by atoms with van der Waals surface area (Å²) >= 11 is 0. The van der Waals surface area contributed by atoms with Crippen LogP contribution in [0.3, 0.4) is 0 Å². The second-order valence-electron chi connectivity index (χ2n) is 17.5. The molecule has 316 valence electrons. The molecule has 68 heavy (non-hydrogen) atoms. The highest BCUT2D eigenvalue weighted by molar-refractivity contribution is 6.26. The summed E-state index contributed by atoms with van der Waals surface area (Å²) in [6.45, 7) is 0. The third-order valence-corrected chi connectivity index (χ3v) is 13.5. The van der Waals surface area contributed by atoms with Crippen LogP contribution in [-0.4, -0.2) is 15.0 Å². The van der Waals surface area contributed by atoms with Gasteiger partial charge in [-0.2, -0.15) is 0 Å². The number of nitrogens with zero attached hydrogens (tertiary/aromatic N) is 3. The number of hydrogen-bond donors (Lipinski definition) is 0. The van der Waals surface area contributed by atoms with Crippen molar-refractivity contribution in [3.8, 4) is 78.7 Å². The molecular formula is C65H41N3. The zero-order valence-electron chi connectivity index (χ0n) is 37.0. The maximum absolute atomic E-state index is 5.35. The summed E-state index contributed by atoms with van der Waals surface area (Å²) in [5.41, 5.74) is 11.8. The molecule has 0 fully saturated rings. The molecule has 3 heteroatoms. The van der Waals surface area contributed by atoms with E-state index in [1.807, 2.05) is 12.1 Å². The average molecular weight is 864 g/mol. The van der Waals surface area contributed by atoms with Crippen molar-refractivity contribution < 1.29 is 0 Å². The van der Waals surface area contributed by atoms with Gasteiger partial charge in [0.05, 0.1) is 0 Å². The maximum atomic E-state index is 5.35. The Labute approximate surface area is 394 Å². The molecule has 0 saturated heterocycles. The molecule has 0 aliphatic carbocycles. The third-order valence-electron chi connectivity index (χ3n) is 13.5. The van der Waals surface area contributed by atoms with Crippen LogP contribution in [0.4, 0.5) is 0 Å². The molecule has 13 aromatic rings. The average Bonchev–Trinajstić information content (AvgIpc) is 3.43. The van der Waals surface area contributed by atoms with E-state index >= 15 is 0 Å². The van der Waals surface area contributed by atoms with E-state index in [4.69, 9.17) is 15.0 Å². The minimum atomic E-state index is 0.606. The van der Waals surface area contributed by atoms with Crippen LogP contribution in [0.5, 0.6) is 0 Å². The minimum Gasteiger partial charge on any atom is -0.208 e. The van der Waals surface area contributed by atoms with Gasteiger partial charge in [0.15, 0.2) is 17.5 Å². The first-order valence-corrected chi connectivity index (χ1v) is 23.2. The Kier molecular flexibility index (Phi) is 9.50. The Morgan fingerprint density at radius 2 is 0.529 bits per heavy atom. The summed E-state index contributed by atoms with van der Waals surface area (Å²) in [7, 11) is 0. The van der Waals surface area contributed by atoms with E-state index in [1.165, 1.54) is 53.9 Å². The summed E-state index contributed by atoms with van der Waals surface area (Å²) in [5.74, 6) is 1.84. The highest BCUT2D eigenvalue weighted by atomic mass is 15.0. The van der Waals surface area contributed by atoms with Gasteiger partial charge in [0.1, 0.15) is 0 Å². The molecule has 0 saturated carbocycles. The van der Waals surface area contributed by atoms with Gasteiger partial charge in [-0.25, -0.2) is 15.0 Å². The number of aromatic nitrogens is 3. The van der Waals surface area contributed by atoms with Gasteiger partial charge in [-0.05, 0) is 129 Å².